The molecule has 0 bridgehead atoms. The summed E-state index contributed by atoms with van der Waals surface area (Å²) in [5.41, 5.74) is 8.67. The maximum absolute atomic E-state index is 9.56. The Morgan fingerprint density at radius 3 is 2.56 bits per heavy atom. The molecule has 1 aliphatic carbocycles. The van der Waals surface area contributed by atoms with Crippen molar-refractivity contribution in [3.63, 3.8) is 0 Å². The van der Waals surface area contributed by atoms with Crippen LogP contribution in [0.2, 0.25) is 0 Å². The molecule has 2 aliphatic rings. The lowest BCUT2D eigenvalue weighted by Crippen LogP contribution is -2.34. The number of aliphatic hydroxyl groups excluding tert-OH is 1. The van der Waals surface area contributed by atoms with Crippen LogP contribution >= 0.6 is 0 Å². The Balaban J connectivity index is 1.30. The molecule has 2 aromatic heterocycles. The van der Waals surface area contributed by atoms with Crippen LogP contribution in [-0.4, -0.2) is 39.3 Å². The Morgan fingerprint density at radius 2 is 1.81 bits per heavy atom. The third-order valence-corrected chi connectivity index (χ3v) is 5.76. The second-order valence-electron chi connectivity index (χ2n) is 7.61. The van der Waals surface area contributed by atoms with E-state index >= 15 is 0 Å². The van der Waals surface area contributed by atoms with Crippen LogP contribution in [0.1, 0.15) is 49.1 Å². The fourth-order valence-electron chi connectivity index (χ4n) is 4.09. The third kappa shape index (κ3) is 3.12. The van der Waals surface area contributed by atoms with Crippen molar-refractivity contribution in [2.45, 2.75) is 43.6 Å². The summed E-state index contributed by atoms with van der Waals surface area (Å²) in [6.45, 7) is 1.76. The van der Waals surface area contributed by atoms with Crippen molar-refractivity contribution in [3.05, 3.63) is 41.9 Å². The third-order valence-electron chi connectivity index (χ3n) is 5.76. The van der Waals surface area contributed by atoms with Crippen molar-refractivity contribution in [2.75, 3.05) is 23.7 Å². The van der Waals surface area contributed by atoms with Gasteiger partial charge in [0.25, 0.3) is 0 Å². The highest BCUT2D eigenvalue weighted by molar-refractivity contribution is 5.72. The number of fused-ring (bicyclic) bond motifs is 1. The number of benzene rings is 1. The van der Waals surface area contributed by atoms with Crippen LogP contribution in [0.4, 0.5) is 11.8 Å². The Kier molecular flexibility index (Phi) is 3.97. The lowest BCUT2D eigenvalue weighted by Gasteiger charge is -2.34. The molecule has 5 rings (SSSR count). The van der Waals surface area contributed by atoms with Crippen LogP contribution in [-0.2, 0) is 0 Å². The molecule has 7 nitrogen and oxygen atoms in total. The molecule has 7 heteroatoms. The van der Waals surface area contributed by atoms with Crippen molar-refractivity contribution < 1.29 is 9.52 Å². The van der Waals surface area contributed by atoms with E-state index in [1.807, 2.05) is 30.3 Å². The van der Waals surface area contributed by atoms with Gasteiger partial charge in [-0.25, -0.2) is 9.97 Å². The molecule has 1 aliphatic heterocycles. The molecular weight excluding hydrogens is 342 g/mol. The molecule has 0 radical (unpaired) electrons. The number of para-hydroxylation sites is 2. The molecule has 2 fully saturated rings. The molecule has 1 aromatic carbocycles. The lowest BCUT2D eigenvalue weighted by atomic mass is 9.80. The molecule has 0 amide bonds. The summed E-state index contributed by atoms with van der Waals surface area (Å²) in [5, 5.41) is 9.56. The standard InChI is InChI=1S/C20H23N5O2/c21-20-23-16(13-9-14(26)10-13)11-18(24-20)25-7-5-12(6-8-25)19-22-15-3-1-2-4-17(15)27-19/h1-4,11-14,26H,5-10H2,(H2,21,23,24). The van der Waals surface area contributed by atoms with Gasteiger partial charge in [-0.2, -0.15) is 4.98 Å². The molecule has 0 unspecified atom stereocenters. The second-order valence-corrected chi connectivity index (χ2v) is 7.61. The highest BCUT2D eigenvalue weighted by Crippen LogP contribution is 2.38. The van der Waals surface area contributed by atoms with Crippen LogP contribution in [0.25, 0.3) is 11.1 Å². The van der Waals surface area contributed by atoms with Gasteiger partial charge in [-0.05, 0) is 37.8 Å². The molecule has 3 N–H and O–H groups in total. The van der Waals surface area contributed by atoms with Crippen LogP contribution in [0.3, 0.4) is 0 Å². The molecule has 3 heterocycles. The van der Waals surface area contributed by atoms with Gasteiger partial charge >= 0.3 is 0 Å². The lowest BCUT2D eigenvalue weighted by molar-refractivity contribution is 0.0732. The van der Waals surface area contributed by atoms with Crippen molar-refractivity contribution >= 4 is 22.9 Å². The van der Waals surface area contributed by atoms with Crippen molar-refractivity contribution in [3.8, 4) is 0 Å². The van der Waals surface area contributed by atoms with E-state index in [-0.39, 0.29) is 6.10 Å². The summed E-state index contributed by atoms with van der Waals surface area (Å²) in [7, 11) is 0. The zero-order chi connectivity index (χ0) is 18.4. The van der Waals surface area contributed by atoms with E-state index in [1.165, 1.54) is 0 Å². The first-order valence-electron chi connectivity index (χ1n) is 9.58. The number of piperidine rings is 1. The van der Waals surface area contributed by atoms with E-state index in [2.05, 4.69) is 19.9 Å². The minimum atomic E-state index is -0.207. The van der Waals surface area contributed by atoms with E-state index in [1.54, 1.807) is 0 Å². The Bertz CT molecular complexity index is 925. The van der Waals surface area contributed by atoms with Gasteiger partial charge in [-0.1, -0.05) is 12.1 Å². The van der Waals surface area contributed by atoms with Crippen molar-refractivity contribution in [1.82, 2.24) is 15.0 Å². The van der Waals surface area contributed by atoms with Gasteiger partial charge in [0.2, 0.25) is 5.95 Å². The first kappa shape index (κ1) is 16.5. The molecule has 3 aromatic rings. The summed E-state index contributed by atoms with van der Waals surface area (Å²) in [6.07, 6.45) is 3.25. The van der Waals surface area contributed by atoms with Gasteiger partial charge in [0.05, 0.1) is 11.8 Å². The minimum Gasteiger partial charge on any atom is -0.440 e. The zero-order valence-corrected chi connectivity index (χ0v) is 15.1. The quantitative estimate of drug-likeness (QED) is 0.736. The predicted molar refractivity (Wildman–Crippen MR) is 103 cm³/mol. The van der Waals surface area contributed by atoms with Gasteiger partial charge in [-0.15, -0.1) is 0 Å². The maximum Gasteiger partial charge on any atom is 0.222 e. The topological polar surface area (TPSA) is 101 Å². The van der Waals surface area contributed by atoms with E-state index in [9.17, 15) is 5.11 Å². The number of anilines is 2. The first-order chi connectivity index (χ1) is 13.2. The number of hydrogen-bond acceptors (Lipinski definition) is 7. The summed E-state index contributed by atoms with van der Waals surface area (Å²) in [4.78, 5) is 15.7. The minimum absolute atomic E-state index is 0.207. The Morgan fingerprint density at radius 1 is 1.04 bits per heavy atom. The average Bonchev–Trinajstić information content (AvgIpc) is 3.09. The second kappa shape index (κ2) is 6.49. The van der Waals surface area contributed by atoms with Crippen LogP contribution < -0.4 is 10.6 Å². The summed E-state index contributed by atoms with van der Waals surface area (Å²) in [6, 6.07) is 9.93. The zero-order valence-electron chi connectivity index (χ0n) is 15.1. The molecule has 27 heavy (non-hydrogen) atoms. The predicted octanol–water partition coefficient (Wildman–Crippen LogP) is 2.82. The normalized spacial score (nSPS) is 23.5. The van der Waals surface area contributed by atoms with Gasteiger partial charge in [-0.3, -0.25) is 0 Å². The molecule has 0 spiro atoms. The fraction of sp³-hybridized carbons (Fsp3) is 0.450. The molecular formula is C20H23N5O2. The molecule has 0 atom stereocenters. The van der Waals surface area contributed by atoms with Gasteiger partial charge in [0, 0.05) is 31.0 Å². The van der Waals surface area contributed by atoms with Crippen molar-refractivity contribution in [2.24, 2.45) is 0 Å². The number of nitrogen functional groups attached to an aromatic ring is 1. The Hall–Kier alpha value is -2.67. The monoisotopic (exact) mass is 365 g/mol. The van der Waals surface area contributed by atoms with Crippen LogP contribution in [0.15, 0.2) is 34.7 Å². The molecule has 1 saturated heterocycles. The Labute approximate surface area is 157 Å². The number of hydrogen-bond donors (Lipinski definition) is 2. The summed E-state index contributed by atoms with van der Waals surface area (Å²) in [5.74, 6) is 2.65. The van der Waals surface area contributed by atoms with Gasteiger partial charge in [0.1, 0.15) is 11.3 Å². The van der Waals surface area contributed by atoms with E-state index in [0.29, 0.717) is 17.8 Å². The van der Waals surface area contributed by atoms with E-state index in [4.69, 9.17) is 10.2 Å². The fourth-order valence-corrected chi connectivity index (χ4v) is 4.09. The molecule has 140 valence electrons. The summed E-state index contributed by atoms with van der Waals surface area (Å²) < 4.78 is 5.95. The SMILES string of the molecule is Nc1nc(C2CC(O)C2)cc(N2CCC(c3nc4ccccc4o3)CC2)n1. The number of nitrogens with zero attached hydrogens (tertiary/aromatic N) is 4. The summed E-state index contributed by atoms with van der Waals surface area (Å²) >= 11 is 0. The van der Waals surface area contributed by atoms with Crippen LogP contribution in [0, 0.1) is 0 Å². The van der Waals surface area contributed by atoms with E-state index < -0.39 is 0 Å². The average molecular weight is 365 g/mol. The number of rotatable bonds is 3. The van der Waals surface area contributed by atoms with Crippen LogP contribution in [0.5, 0.6) is 0 Å². The maximum atomic E-state index is 9.56. The highest BCUT2D eigenvalue weighted by Gasteiger charge is 2.31. The number of aromatic nitrogens is 3. The number of nitrogens with two attached hydrogens (primary N) is 1. The molecule has 1 saturated carbocycles. The first-order valence-corrected chi connectivity index (χ1v) is 9.58. The largest absolute Gasteiger partial charge is 0.440 e. The van der Waals surface area contributed by atoms with Gasteiger partial charge in [0.15, 0.2) is 11.5 Å². The van der Waals surface area contributed by atoms with Gasteiger partial charge < -0.3 is 20.2 Å². The number of oxazole rings is 1. The number of aliphatic hydroxyl groups is 1. The van der Waals surface area contributed by atoms with Crippen molar-refractivity contribution in [1.29, 1.82) is 0 Å². The van der Waals surface area contributed by atoms with E-state index in [0.717, 1.165) is 67.3 Å². The smallest absolute Gasteiger partial charge is 0.222 e. The highest BCUT2D eigenvalue weighted by atomic mass is 16.3.